The van der Waals surface area contributed by atoms with Crippen molar-refractivity contribution in [2.75, 3.05) is 6.54 Å². The molecule has 2 bridgehead atoms. The smallest absolute Gasteiger partial charge is 0.115 e. The number of rotatable bonds is 1. The van der Waals surface area contributed by atoms with E-state index in [-0.39, 0.29) is 6.10 Å². The Morgan fingerprint density at radius 3 is 3.08 bits per heavy atom. The van der Waals surface area contributed by atoms with Gasteiger partial charge in [0.2, 0.25) is 0 Å². The molecule has 0 saturated carbocycles. The number of pyridine rings is 1. The highest BCUT2D eigenvalue weighted by molar-refractivity contribution is 5.13. The lowest BCUT2D eigenvalue weighted by Gasteiger charge is -2.22. The molecule has 1 aromatic heterocycles. The summed E-state index contributed by atoms with van der Waals surface area (Å²) < 4.78 is 5.82. The first kappa shape index (κ1) is 7.47. The number of nitrogens with one attached hydrogen (secondary N) is 1. The second-order valence-corrected chi connectivity index (χ2v) is 3.68. The Balaban J connectivity index is 1.87. The summed E-state index contributed by atoms with van der Waals surface area (Å²) in [4.78, 5) is 4.31. The lowest BCUT2D eigenvalue weighted by Crippen LogP contribution is -2.34. The van der Waals surface area contributed by atoms with E-state index in [2.05, 4.69) is 10.3 Å². The lowest BCUT2D eigenvalue weighted by atomic mass is 10.1. The molecule has 68 valence electrons. The first-order valence-electron chi connectivity index (χ1n) is 4.73. The van der Waals surface area contributed by atoms with E-state index in [9.17, 15) is 0 Å². The summed E-state index contributed by atoms with van der Waals surface area (Å²) >= 11 is 0. The number of hydrogen-bond donors (Lipinski definition) is 1. The largest absolute Gasteiger partial charge is 0.366 e. The predicted molar refractivity (Wildman–Crippen MR) is 48.3 cm³/mol. The molecule has 1 N–H and O–H groups in total. The van der Waals surface area contributed by atoms with Crippen molar-refractivity contribution in [1.82, 2.24) is 10.3 Å². The molecular weight excluding hydrogens is 164 g/mol. The molecular formula is C10H12N2O. The molecule has 3 heterocycles. The third kappa shape index (κ3) is 1.16. The topological polar surface area (TPSA) is 34.1 Å². The molecule has 2 aliphatic rings. The molecule has 3 heteroatoms. The van der Waals surface area contributed by atoms with Crippen molar-refractivity contribution in [3.8, 4) is 0 Å². The fourth-order valence-electron chi connectivity index (χ4n) is 2.19. The van der Waals surface area contributed by atoms with E-state index in [0.29, 0.717) is 12.1 Å². The van der Waals surface area contributed by atoms with Gasteiger partial charge in [-0.15, -0.1) is 0 Å². The van der Waals surface area contributed by atoms with Gasteiger partial charge in [0, 0.05) is 18.8 Å². The normalized spacial score (nSPS) is 36.8. The van der Waals surface area contributed by atoms with Crippen LogP contribution in [0.25, 0.3) is 0 Å². The average molecular weight is 176 g/mol. The van der Waals surface area contributed by atoms with E-state index in [0.717, 1.165) is 18.7 Å². The molecule has 0 aromatic carbocycles. The van der Waals surface area contributed by atoms with Crippen LogP contribution in [0.3, 0.4) is 0 Å². The van der Waals surface area contributed by atoms with Crippen molar-refractivity contribution in [1.29, 1.82) is 0 Å². The quantitative estimate of drug-likeness (QED) is 0.689. The van der Waals surface area contributed by atoms with Crippen LogP contribution in [0, 0.1) is 0 Å². The Labute approximate surface area is 77.1 Å². The van der Waals surface area contributed by atoms with Crippen LogP contribution < -0.4 is 5.32 Å². The maximum atomic E-state index is 5.82. The van der Waals surface area contributed by atoms with Gasteiger partial charge in [-0.25, -0.2) is 0 Å². The maximum absolute atomic E-state index is 5.82. The molecule has 1 aromatic rings. The minimum absolute atomic E-state index is 0.181. The molecule has 2 aliphatic heterocycles. The second kappa shape index (κ2) is 2.79. The van der Waals surface area contributed by atoms with E-state index in [1.54, 1.807) is 0 Å². The fraction of sp³-hybridized carbons (Fsp3) is 0.500. The van der Waals surface area contributed by atoms with Crippen molar-refractivity contribution in [3.05, 3.63) is 30.1 Å². The van der Waals surface area contributed by atoms with Crippen molar-refractivity contribution in [2.24, 2.45) is 0 Å². The molecule has 0 unspecified atom stereocenters. The van der Waals surface area contributed by atoms with Crippen LogP contribution in [0.5, 0.6) is 0 Å². The van der Waals surface area contributed by atoms with Gasteiger partial charge in [0.05, 0.1) is 11.8 Å². The molecule has 13 heavy (non-hydrogen) atoms. The van der Waals surface area contributed by atoms with Crippen LogP contribution in [0.2, 0.25) is 0 Å². The molecule has 2 fully saturated rings. The SMILES string of the molecule is c1ccc([C@H]2O[C@@H]3CN[C@H]2C3)nc1. The fourth-order valence-corrected chi connectivity index (χ4v) is 2.19. The number of fused-ring (bicyclic) bond motifs is 2. The number of aromatic nitrogens is 1. The number of hydrogen-bond acceptors (Lipinski definition) is 3. The van der Waals surface area contributed by atoms with Gasteiger partial charge < -0.3 is 10.1 Å². The predicted octanol–water partition coefficient (Wildman–Crippen LogP) is 0.883. The summed E-state index contributed by atoms with van der Waals surface area (Å²) in [6, 6.07) is 6.47. The standard InChI is InChI=1S/C10H12N2O/c1-2-4-11-8(3-1)10-9-5-7(13-10)6-12-9/h1-4,7,9-10,12H,5-6H2/t7-,9-,10+/m0/s1. The number of morpholine rings is 1. The van der Waals surface area contributed by atoms with Gasteiger partial charge in [0.1, 0.15) is 6.10 Å². The van der Waals surface area contributed by atoms with E-state index in [1.165, 1.54) is 0 Å². The van der Waals surface area contributed by atoms with E-state index in [1.807, 2.05) is 24.4 Å². The summed E-state index contributed by atoms with van der Waals surface area (Å²) in [6.07, 6.45) is 3.56. The molecule has 0 amide bonds. The number of nitrogens with zero attached hydrogens (tertiary/aromatic N) is 1. The summed E-state index contributed by atoms with van der Waals surface area (Å²) in [5, 5.41) is 3.44. The van der Waals surface area contributed by atoms with Crippen molar-refractivity contribution < 1.29 is 4.74 Å². The Bertz CT molecular complexity index is 301. The van der Waals surface area contributed by atoms with Gasteiger partial charge in [0.25, 0.3) is 0 Å². The highest BCUT2D eigenvalue weighted by atomic mass is 16.5. The van der Waals surface area contributed by atoms with Crippen molar-refractivity contribution in [3.63, 3.8) is 0 Å². The molecule has 0 aliphatic carbocycles. The Morgan fingerprint density at radius 2 is 2.46 bits per heavy atom. The summed E-state index contributed by atoms with van der Waals surface area (Å²) in [6.45, 7) is 1.01. The van der Waals surface area contributed by atoms with Gasteiger partial charge >= 0.3 is 0 Å². The highest BCUT2D eigenvalue weighted by Gasteiger charge is 2.41. The third-order valence-corrected chi connectivity index (χ3v) is 2.81. The molecule has 3 rings (SSSR count). The third-order valence-electron chi connectivity index (χ3n) is 2.81. The van der Waals surface area contributed by atoms with Crippen LogP contribution in [0.15, 0.2) is 24.4 Å². The molecule has 2 saturated heterocycles. The number of ether oxygens (including phenoxy) is 1. The zero-order chi connectivity index (χ0) is 8.67. The van der Waals surface area contributed by atoms with Gasteiger partial charge in [-0.3, -0.25) is 4.98 Å². The van der Waals surface area contributed by atoms with E-state index < -0.39 is 0 Å². The molecule has 3 atom stereocenters. The second-order valence-electron chi connectivity index (χ2n) is 3.68. The van der Waals surface area contributed by atoms with Crippen LogP contribution in [0.4, 0.5) is 0 Å². The van der Waals surface area contributed by atoms with Gasteiger partial charge in [-0.2, -0.15) is 0 Å². The molecule has 0 radical (unpaired) electrons. The first-order chi connectivity index (χ1) is 6.43. The minimum Gasteiger partial charge on any atom is -0.366 e. The Kier molecular flexibility index (Phi) is 1.60. The van der Waals surface area contributed by atoms with Crippen LogP contribution in [0.1, 0.15) is 18.2 Å². The van der Waals surface area contributed by atoms with Gasteiger partial charge in [-0.05, 0) is 18.6 Å². The summed E-state index contributed by atoms with van der Waals surface area (Å²) in [7, 11) is 0. The van der Waals surface area contributed by atoms with E-state index in [4.69, 9.17) is 4.74 Å². The average Bonchev–Trinajstić information content (AvgIpc) is 2.80. The van der Waals surface area contributed by atoms with Gasteiger partial charge in [-0.1, -0.05) is 6.07 Å². The van der Waals surface area contributed by atoms with Crippen molar-refractivity contribution in [2.45, 2.75) is 24.7 Å². The molecule has 0 spiro atoms. The Hall–Kier alpha value is -0.930. The van der Waals surface area contributed by atoms with Crippen LogP contribution >= 0.6 is 0 Å². The lowest BCUT2D eigenvalue weighted by molar-refractivity contribution is 0.0136. The summed E-state index contributed by atoms with van der Waals surface area (Å²) in [5.41, 5.74) is 1.06. The maximum Gasteiger partial charge on any atom is 0.115 e. The van der Waals surface area contributed by atoms with Gasteiger partial charge in [0.15, 0.2) is 0 Å². The monoisotopic (exact) mass is 176 g/mol. The highest BCUT2D eigenvalue weighted by Crippen LogP contribution is 2.35. The zero-order valence-corrected chi connectivity index (χ0v) is 7.31. The van der Waals surface area contributed by atoms with E-state index >= 15 is 0 Å². The van der Waals surface area contributed by atoms with Crippen LogP contribution in [-0.2, 0) is 4.74 Å². The van der Waals surface area contributed by atoms with Crippen LogP contribution in [-0.4, -0.2) is 23.7 Å². The summed E-state index contributed by atoms with van der Waals surface area (Å²) in [5.74, 6) is 0. The first-order valence-corrected chi connectivity index (χ1v) is 4.73. The molecule has 3 nitrogen and oxygen atoms in total. The Morgan fingerprint density at radius 1 is 1.46 bits per heavy atom. The zero-order valence-electron chi connectivity index (χ0n) is 7.31. The minimum atomic E-state index is 0.181. The van der Waals surface area contributed by atoms with Crippen molar-refractivity contribution >= 4 is 0 Å².